The molecule has 0 spiro atoms. The lowest BCUT2D eigenvalue weighted by Gasteiger charge is -2.12. The van der Waals surface area contributed by atoms with Gasteiger partial charge in [-0.2, -0.15) is 0 Å². The van der Waals surface area contributed by atoms with Crippen molar-refractivity contribution in [2.45, 2.75) is 25.9 Å². The van der Waals surface area contributed by atoms with Crippen LogP contribution in [0.4, 0.5) is 0 Å². The second-order valence-corrected chi connectivity index (χ2v) is 2.78. The van der Waals surface area contributed by atoms with Gasteiger partial charge < -0.3 is 5.11 Å². The lowest BCUT2D eigenvalue weighted by molar-refractivity contribution is 0.167. The Balaban J connectivity index is 2.77. The number of aliphatic hydroxyl groups is 1. The van der Waals surface area contributed by atoms with Crippen molar-refractivity contribution in [3.63, 3.8) is 0 Å². The first-order valence-corrected chi connectivity index (χ1v) is 3.81. The van der Waals surface area contributed by atoms with Crippen LogP contribution >= 0.6 is 0 Å². The van der Waals surface area contributed by atoms with Gasteiger partial charge in [0.25, 0.3) is 0 Å². The van der Waals surface area contributed by atoms with Crippen LogP contribution in [0.2, 0.25) is 0 Å². The summed E-state index contributed by atoms with van der Waals surface area (Å²) in [5.74, 6) is 0.121. The van der Waals surface area contributed by atoms with Gasteiger partial charge in [-0.05, 0) is 19.1 Å². The molecule has 11 heavy (non-hydrogen) atoms. The van der Waals surface area contributed by atoms with E-state index in [9.17, 15) is 5.11 Å². The molecular weight excluding hydrogens is 138 g/mol. The van der Waals surface area contributed by atoms with Gasteiger partial charge in [-0.1, -0.05) is 13.0 Å². The first-order valence-electron chi connectivity index (χ1n) is 3.81. The van der Waals surface area contributed by atoms with E-state index < -0.39 is 0 Å². The standard InChI is InChI=1S/C9H13NO/c1-7(8(2)11)9-5-3-4-6-10-9/h3-8,11H,1-2H3. The number of aromatic nitrogens is 1. The fraction of sp³-hybridized carbons (Fsp3) is 0.444. The molecule has 0 radical (unpaired) electrons. The largest absolute Gasteiger partial charge is 0.393 e. The number of nitrogens with zero attached hydrogens (tertiary/aromatic N) is 1. The molecule has 0 aliphatic heterocycles. The Kier molecular flexibility index (Phi) is 2.60. The zero-order valence-electron chi connectivity index (χ0n) is 6.86. The van der Waals surface area contributed by atoms with Gasteiger partial charge in [0.05, 0.1) is 6.10 Å². The molecule has 1 rings (SSSR count). The molecule has 1 N–H and O–H groups in total. The Morgan fingerprint density at radius 2 is 2.09 bits per heavy atom. The van der Waals surface area contributed by atoms with E-state index >= 15 is 0 Å². The highest BCUT2D eigenvalue weighted by Gasteiger charge is 2.11. The van der Waals surface area contributed by atoms with E-state index in [-0.39, 0.29) is 12.0 Å². The maximum absolute atomic E-state index is 9.23. The monoisotopic (exact) mass is 151 g/mol. The van der Waals surface area contributed by atoms with Crippen molar-refractivity contribution in [3.8, 4) is 0 Å². The maximum atomic E-state index is 9.23. The molecule has 0 aliphatic rings. The van der Waals surface area contributed by atoms with E-state index in [0.29, 0.717) is 0 Å². The average molecular weight is 151 g/mol. The van der Waals surface area contributed by atoms with Crippen molar-refractivity contribution < 1.29 is 5.11 Å². The molecule has 60 valence electrons. The first-order chi connectivity index (χ1) is 5.22. The topological polar surface area (TPSA) is 33.1 Å². The average Bonchev–Trinajstić information content (AvgIpc) is 2.05. The fourth-order valence-electron chi connectivity index (χ4n) is 0.892. The van der Waals surface area contributed by atoms with Crippen molar-refractivity contribution in [1.29, 1.82) is 0 Å². The molecule has 2 nitrogen and oxygen atoms in total. The van der Waals surface area contributed by atoms with Gasteiger partial charge in [0.2, 0.25) is 0 Å². The van der Waals surface area contributed by atoms with Gasteiger partial charge in [-0.25, -0.2) is 0 Å². The summed E-state index contributed by atoms with van der Waals surface area (Å²) in [6, 6.07) is 5.73. The molecule has 1 aromatic heterocycles. The third-order valence-electron chi connectivity index (χ3n) is 1.88. The number of pyridine rings is 1. The molecule has 0 amide bonds. The van der Waals surface area contributed by atoms with Gasteiger partial charge >= 0.3 is 0 Å². The molecule has 1 heterocycles. The Hall–Kier alpha value is -0.890. The number of aliphatic hydroxyl groups excluding tert-OH is 1. The molecule has 1 aromatic rings. The van der Waals surface area contributed by atoms with E-state index in [2.05, 4.69) is 4.98 Å². The van der Waals surface area contributed by atoms with Gasteiger partial charge in [0, 0.05) is 17.8 Å². The summed E-state index contributed by atoms with van der Waals surface area (Å²) in [5.41, 5.74) is 0.947. The van der Waals surface area contributed by atoms with Crippen LogP contribution in [0.25, 0.3) is 0 Å². The third-order valence-corrected chi connectivity index (χ3v) is 1.88. The van der Waals surface area contributed by atoms with E-state index in [4.69, 9.17) is 0 Å². The second-order valence-electron chi connectivity index (χ2n) is 2.78. The van der Waals surface area contributed by atoms with Crippen LogP contribution in [0.1, 0.15) is 25.5 Å². The van der Waals surface area contributed by atoms with E-state index in [0.717, 1.165) is 5.69 Å². The Labute approximate surface area is 66.9 Å². The molecular formula is C9H13NO. The summed E-state index contributed by atoms with van der Waals surface area (Å²) in [6.07, 6.45) is 1.42. The summed E-state index contributed by atoms with van der Waals surface area (Å²) < 4.78 is 0. The predicted octanol–water partition coefficient (Wildman–Crippen LogP) is 1.57. The lowest BCUT2D eigenvalue weighted by Crippen LogP contribution is -2.11. The van der Waals surface area contributed by atoms with E-state index in [1.807, 2.05) is 25.1 Å². The van der Waals surface area contributed by atoms with Crippen LogP contribution in [0.5, 0.6) is 0 Å². The number of rotatable bonds is 2. The lowest BCUT2D eigenvalue weighted by atomic mass is 10.0. The van der Waals surface area contributed by atoms with Crippen LogP contribution in [0, 0.1) is 0 Å². The van der Waals surface area contributed by atoms with E-state index in [1.165, 1.54) is 0 Å². The van der Waals surface area contributed by atoms with Crippen molar-refractivity contribution in [3.05, 3.63) is 30.1 Å². The Morgan fingerprint density at radius 1 is 1.36 bits per heavy atom. The van der Waals surface area contributed by atoms with Crippen LogP contribution < -0.4 is 0 Å². The zero-order valence-corrected chi connectivity index (χ0v) is 6.86. The smallest absolute Gasteiger partial charge is 0.0593 e. The van der Waals surface area contributed by atoms with Gasteiger partial charge in [-0.15, -0.1) is 0 Å². The fourth-order valence-corrected chi connectivity index (χ4v) is 0.892. The molecule has 2 unspecified atom stereocenters. The molecule has 0 fully saturated rings. The Bertz CT molecular complexity index is 208. The minimum absolute atomic E-state index is 0.121. The highest BCUT2D eigenvalue weighted by atomic mass is 16.3. The first kappa shape index (κ1) is 8.21. The molecule has 0 bridgehead atoms. The molecule has 2 heteroatoms. The van der Waals surface area contributed by atoms with Crippen molar-refractivity contribution >= 4 is 0 Å². The summed E-state index contributed by atoms with van der Waals surface area (Å²) in [6.45, 7) is 3.74. The highest BCUT2D eigenvalue weighted by Crippen LogP contribution is 2.15. The maximum Gasteiger partial charge on any atom is 0.0593 e. The zero-order chi connectivity index (χ0) is 8.27. The van der Waals surface area contributed by atoms with E-state index in [1.54, 1.807) is 13.1 Å². The van der Waals surface area contributed by atoms with Gasteiger partial charge in [0.15, 0.2) is 0 Å². The number of hydrogen-bond acceptors (Lipinski definition) is 2. The van der Waals surface area contributed by atoms with Crippen molar-refractivity contribution in [2.75, 3.05) is 0 Å². The predicted molar refractivity (Wildman–Crippen MR) is 44.3 cm³/mol. The van der Waals surface area contributed by atoms with Crippen LogP contribution in [-0.2, 0) is 0 Å². The normalized spacial score (nSPS) is 15.9. The minimum Gasteiger partial charge on any atom is -0.393 e. The molecule has 0 saturated heterocycles. The molecule has 0 aliphatic carbocycles. The SMILES string of the molecule is CC(O)C(C)c1ccccn1. The van der Waals surface area contributed by atoms with Crippen LogP contribution in [0.3, 0.4) is 0 Å². The number of hydrogen-bond donors (Lipinski definition) is 1. The summed E-state index contributed by atoms with van der Waals surface area (Å²) in [5, 5.41) is 9.23. The van der Waals surface area contributed by atoms with Crippen LogP contribution in [-0.4, -0.2) is 16.2 Å². The molecule has 0 aromatic carbocycles. The van der Waals surface area contributed by atoms with Gasteiger partial charge in [0.1, 0.15) is 0 Å². The van der Waals surface area contributed by atoms with Crippen LogP contribution in [0.15, 0.2) is 24.4 Å². The highest BCUT2D eigenvalue weighted by molar-refractivity contribution is 5.09. The Morgan fingerprint density at radius 3 is 2.55 bits per heavy atom. The molecule has 0 saturated carbocycles. The van der Waals surface area contributed by atoms with Crippen molar-refractivity contribution in [1.82, 2.24) is 4.98 Å². The summed E-state index contributed by atoms with van der Waals surface area (Å²) in [7, 11) is 0. The van der Waals surface area contributed by atoms with Crippen molar-refractivity contribution in [2.24, 2.45) is 0 Å². The summed E-state index contributed by atoms with van der Waals surface area (Å²) in [4.78, 5) is 4.14. The second kappa shape index (κ2) is 3.49. The molecule has 2 atom stereocenters. The summed E-state index contributed by atoms with van der Waals surface area (Å²) >= 11 is 0. The quantitative estimate of drug-likeness (QED) is 0.696. The minimum atomic E-state index is -0.329. The third kappa shape index (κ3) is 2.02. The van der Waals surface area contributed by atoms with Gasteiger partial charge in [-0.3, -0.25) is 4.98 Å².